The largest absolute Gasteiger partial charge is 0.379 e. The molecule has 1 atom stereocenters. The summed E-state index contributed by atoms with van der Waals surface area (Å²) in [6, 6.07) is 0.615. The first-order chi connectivity index (χ1) is 4.80. The maximum Gasteiger partial charge on any atom is 0.0619 e. The zero-order chi connectivity index (χ0) is 7.98. The molecule has 2 nitrogen and oxygen atoms in total. The molecule has 1 aliphatic heterocycles. The molecule has 0 radical (unpaired) electrons. The third kappa shape index (κ3) is 3.18. The lowest BCUT2D eigenvalue weighted by atomic mass is 10.3. The highest BCUT2D eigenvalue weighted by Crippen LogP contribution is 2.00. The smallest absolute Gasteiger partial charge is 0.0619 e. The quantitative estimate of drug-likeness (QED) is 0.510. The van der Waals surface area contributed by atoms with E-state index in [2.05, 4.69) is 18.9 Å². The number of ether oxygens (including phenoxy) is 1. The van der Waals surface area contributed by atoms with Crippen LogP contribution in [-0.2, 0) is 4.74 Å². The van der Waals surface area contributed by atoms with Crippen LogP contribution in [0.5, 0.6) is 0 Å². The Labute approximate surface area is 64.2 Å². The summed E-state index contributed by atoms with van der Waals surface area (Å²) in [7, 11) is 2.13. The summed E-state index contributed by atoms with van der Waals surface area (Å²) < 4.78 is 5.21. The van der Waals surface area contributed by atoms with E-state index in [4.69, 9.17) is 4.74 Å². The first kappa shape index (κ1) is 9.92. The van der Waals surface area contributed by atoms with Crippen LogP contribution in [0.3, 0.4) is 0 Å². The van der Waals surface area contributed by atoms with Crippen molar-refractivity contribution in [3.05, 3.63) is 0 Å². The lowest BCUT2D eigenvalue weighted by molar-refractivity contribution is 0.0131. The van der Waals surface area contributed by atoms with Crippen molar-refractivity contribution in [1.82, 2.24) is 4.90 Å². The second-order valence-corrected chi connectivity index (χ2v) is 2.40. The fourth-order valence-corrected chi connectivity index (χ4v) is 0.810. The van der Waals surface area contributed by atoms with E-state index < -0.39 is 0 Å². The molecule has 62 valence electrons. The lowest BCUT2D eigenvalue weighted by Gasteiger charge is -2.29. The average Bonchev–Trinajstić information content (AvgIpc) is 2.00. The molecule has 0 N–H and O–H groups in total. The summed E-state index contributed by atoms with van der Waals surface area (Å²) in [4.78, 5) is 2.31. The van der Waals surface area contributed by atoms with Crippen LogP contribution in [0.1, 0.15) is 20.8 Å². The molecule has 10 heavy (non-hydrogen) atoms. The Bertz CT molecular complexity index is 65.7. The Morgan fingerprint density at radius 1 is 1.40 bits per heavy atom. The number of nitrogens with zero attached hydrogens (tertiary/aromatic N) is 1. The molecule has 1 rings (SSSR count). The Morgan fingerprint density at radius 2 is 2.00 bits per heavy atom. The normalized spacial score (nSPS) is 27.0. The van der Waals surface area contributed by atoms with Crippen molar-refractivity contribution < 1.29 is 4.74 Å². The van der Waals surface area contributed by atoms with Crippen molar-refractivity contribution >= 4 is 0 Å². The Balaban J connectivity index is 0.000000371. The molecule has 1 heterocycles. The van der Waals surface area contributed by atoms with Gasteiger partial charge >= 0.3 is 0 Å². The molecular formula is C8H19NO. The predicted octanol–water partition coefficient (Wildman–Crippen LogP) is 1.36. The maximum absolute atomic E-state index is 5.21. The van der Waals surface area contributed by atoms with Crippen LogP contribution in [0.4, 0.5) is 0 Å². The second-order valence-electron chi connectivity index (χ2n) is 2.40. The van der Waals surface area contributed by atoms with E-state index in [9.17, 15) is 0 Å². The van der Waals surface area contributed by atoms with Gasteiger partial charge in [0.2, 0.25) is 0 Å². The van der Waals surface area contributed by atoms with Crippen LogP contribution in [0, 0.1) is 0 Å². The second kappa shape index (κ2) is 5.69. The van der Waals surface area contributed by atoms with Crippen molar-refractivity contribution in [1.29, 1.82) is 0 Å². The maximum atomic E-state index is 5.21. The van der Waals surface area contributed by atoms with Crippen LogP contribution in [0.15, 0.2) is 0 Å². The molecule has 0 aliphatic carbocycles. The molecule has 0 unspecified atom stereocenters. The highest BCUT2D eigenvalue weighted by molar-refractivity contribution is 4.65. The highest BCUT2D eigenvalue weighted by atomic mass is 16.5. The van der Waals surface area contributed by atoms with E-state index in [0.717, 1.165) is 19.8 Å². The Kier molecular flexibility index (Phi) is 5.64. The third-order valence-corrected chi connectivity index (χ3v) is 1.70. The van der Waals surface area contributed by atoms with Crippen LogP contribution in [0.2, 0.25) is 0 Å². The molecule has 1 aliphatic rings. The van der Waals surface area contributed by atoms with Crippen molar-refractivity contribution in [3.8, 4) is 0 Å². The third-order valence-electron chi connectivity index (χ3n) is 1.70. The van der Waals surface area contributed by atoms with E-state index >= 15 is 0 Å². The van der Waals surface area contributed by atoms with Gasteiger partial charge in [0.1, 0.15) is 0 Å². The van der Waals surface area contributed by atoms with Gasteiger partial charge in [0.05, 0.1) is 13.2 Å². The number of hydrogen-bond donors (Lipinski definition) is 0. The molecule has 0 spiro atoms. The van der Waals surface area contributed by atoms with E-state index in [0.29, 0.717) is 6.04 Å². The van der Waals surface area contributed by atoms with Gasteiger partial charge in [-0.15, -0.1) is 0 Å². The van der Waals surface area contributed by atoms with Crippen molar-refractivity contribution in [3.63, 3.8) is 0 Å². The van der Waals surface area contributed by atoms with Gasteiger partial charge < -0.3 is 4.74 Å². The summed E-state index contributed by atoms with van der Waals surface area (Å²) in [6.07, 6.45) is 0. The average molecular weight is 145 g/mol. The number of likely N-dealkylation sites (N-methyl/N-ethyl adjacent to an activating group) is 1. The number of rotatable bonds is 0. The first-order valence-electron chi connectivity index (χ1n) is 4.08. The van der Waals surface area contributed by atoms with Gasteiger partial charge in [-0.2, -0.15) is 0 Å². The predicted molar refractivity (Wildman–Crippen MR) is 44.3 cm³/mol. The minimum Gasteiger partial charge on any atom is -0.379 e. The topological polar surface area (TPSA) is 12.5 Å². The lowest BCUT2D eigenvalue weighted by Crippen LogP contribution is -2.40. The van der Waals surface area contributed by atoms with Crippen molar-refractivity contribution in [2.24, 2.45) is 0 Å². The number of morpholine rings is 1. The summed E-state index contributed by atoms with van der Waals surface area (Å²) in [5.74, 6) is 0. The van der Waals surface area contributed by atoms with Gasteiger partial charge in [0, 0.05) is 12.6 Å². The van der Waals surface area contributed by atoms with Crippen LogP contribution >= 0.6 is 0 Å². The van der Waals surface area contributed by atoms with Gasteiger partial charge in [-0.25, -0.2) is 0 Å². The molecule has 0 aromatic heterocycles. The van der Waals surface area contributed by atoms with E-state index in [-0.39, 0.29) is 0 Å². The molecule has 0 saturated carbocycles. The van der Waals surface area contributed by atoms with Crippen molar-refractivity contribution in [2.75, 3.05) is 26.8 Å². The molecule has 2 heteroatoms. The Hall–Kier alpha value is -0.0800. The van der Waals surface area contributed by atoms with E-state index in [1.165, 1.54) is 0 Å². The molecule has 1 saturated heterocycles. The molecule has 0 aromatic rings. The summed E-state index contributed by atoms with van der Waals surface area (Å²) >= 11 is 0. The standard InChI is InChI=1S/C6H13NO.C2H6/c1-6-5-8-4-3-7(6)2;1-2/h6H,3-5H2,1-2H3;1-2H3/t6-;/m1./s1. The van der Waals surface area contributed by atoms with Gasteiger partial charge in [-0.1, -0.05) is 13.8 Å². The fourth-order valence-electron chi connectivity index (χ4n) is 0.810. The SMILES string of the molecule is CC.C[C@@H]1COCCN1C. The molecule has 0 bridgehead atoms. The summed E-state index contributed by atoms with van der Waals surface area (Å²) in [5.41, 5.74) is 0. The van der Waals surface area contributed by atoms with Crippen molar-refractivity contribution in [2.45, 2.75) is 26.8 Å². The van der Waals surface area contributed by atoms with Gasteiger partial charge in [-0.05, 0) is 14.0 Å². The van der Waals surface area contributed by atoms with Crippen LogP contribution in [0.25, 0.3) is 0 Å². The molecular weight excluding hydrogens is 126 g/mol. The summed E-state index contributed by atoms with van der Waals surface area (Å²) in [6.45, 7) is 9.07. The van der Waals surface area contributed by atoms with Crippen LogP contribution in [-0.4, -0.2) is 37.7 Å². The number of hydrogen-bond acceptors (Lipinski definition) is 2. The highest BCUT2D eigenvalue weighted by Gasteiger charge is 2.12. The minimum atomic E-state index is 0.615. The molecule has 0 amide bonds. The van der Waals surface area contributed by atoms with Gasteiger partial charge in [0.25, 0.3) is 0 Å². The van der Waals surface area contributed by atoms with Gasteiger partial charge in [0.15, 0.2) is 0 Å². The zero-order valence-corrected chi connectivity index (χ0v) is 7.55. The summed E-state index contributed by atoms with van der Waals surface area (Å²) in [5, 5.41) is 0. The van der Waals surface area contributed by atoms with E-state index in [1.54, 1.807) is 0 Å². The minimum absolute atomic E-state index is 0.615. The first-order valence-corrected chi connectivity index (χ1v) is 4.08. The fraction of sp³-hybridized carbons (Fsp3) is 1.00. The van der Waals surface area contributed by atoms with Crippen LogP contribution < -0.4 is 0 Å². The zero-order valence-electron chi connectivity index (χ0n) is 7.55. The van der Waals surface area contributed by atoms with E-state index in [1.807, 2.05) is 13.8 Å². The van der Waals surface area contributed by atoms with Gasteiger partial charge in [-0.3, -0.25) is 4.90 Å². The monoisotopic (exact) mass is 145 g/mol. The molecule has 1 fully saturated rings. The Morgan fingerprint density at radius 3 is 2.30 bits per heavy atom. The molecule has 0 aromatic carbocycles.